The van der Waals surface area contributed by atoms with Crippen LogP contribution in [0.25, 0.3) is 11.0 Å². The number of nitrogens with one attached hydrogen (secondary N) is 2. The number of carbonyl (C=O) groups is 1. The van der Waals surface area contributed by atoms with E-state index in [4.69, 9.17) is 10.5 Å². The number of anilines is 2. The van der Waals surface area contributed by atoms with Crippen LogP contribution in [0.2, 0.25) is 0 Å². The number of carbonyl (C=O) groups excluding carboxylic acids is 1. The zero-order chi connectivity index (χ0) is 20.8. The molecule has 10 nitrogen and oxygen atoms in total. The zero-order valence-corrected chi connectivity index (χ0v) is 15.9. The highest BCUT2D eigenvalue weighted by molar-refractivity contribution is 5.99. The number of ether oxygens (including phenoxy) is 1. The van der Waals surface area contributed by atoms with Crippen LogP contribution >= 0.6 is 0 Å². The summed E-state index contributed by atoms with van der Waals surface area (Å²) in [6, 6.07) is 10.8. The van der Waals surface area contributed by atoms with E-state index in [1.54, 1.807) is 18.2 Å². The minimum atomic E-state index is -0.731. The summed E-state index contributed by atoms with van der Waals surface area (Å²) in [7, 11) is 0. The summed E-state index contributed by atoms with van der Waals surface area (Å²) in [4.78, 5) is 12.7. The van der Waals surface area contributed by atoms with Crippen LogP contribution in [0.1, 0.15) is 18.9 Å². The maximum atomic E-state index is 12.4. The van der Waals surface area contributed by atoms with E-state index < -0.39 is 12.0 Å². The maximum absolute atomic E-state index is 12.4. The van der Waals surface area contributed by atoms with Gasteiger partial charge in [0.2, 0.25) is 5.10 Å². The second-order valence-corrected chi connectivity index (χ2v) is 6.23. The van der Waals surface area contributed by atoms with E-state index in [2.05, 4.69) is 15.7 Å². The third kappa shape index (κ3) is 4.61. The molecule has 2 aromatic carbocycles. The summed E-state index contributed by atoms with van der Waals surface area (Å²) in [5.74, 6) is 0.0558. The number of fused-ring (bicyclic) bond motifs is 1. The summed E-state index contributed by atoms with van der Waals surface area (Å²) < 4.78 is 6.10. The summed E-state index contributed by atoms with van der Waals surface area (Å²) in [5.41, 5.74) is 7.14. The molecule has 3 aromatic rings. The van der Waals surface area contributed by atoms with E-state index in [0.29, 0.717) is 35.7 Å². The lowest BCUT2D eigenvalue weighted by Gasteiger charge is -2.13. The van der Waals surface area contributed by atoms with Crippen LogP contribution in [0.5, 0.6) is 5.75 Å². The van der Waals surface area contributed by atoms with Crippen molar-refractivity contribution in [1.82, 2.24) is 5.10 Å². The molecule has 152 valence electrons. The third-order valence-electron chi connectivity index (χ3n) is 4.22. The van der Waals surface area contributed by atoms with Gasteiger partial charge in [0.05, 0.1) is 12.3 Å². The Labute approximate surface area is 167 Å². The van der Waals surface area contributed by atoms with E-state index in [-0.39, 0.29) is 15.9 Å². The molecule has 4 N–H and O–H groups in total. The Bertz CT molecular complexity index is 1030. The molecule has 0 aliphatic rings. The van der Waals surface area contributed by atoms with Crippen LogP contribution in [0.3, 0.4) is 0 Å². The maximum Gasteiger partial charge on any atom is 0.469 e. The Morgan fingerprint density at radius 1 is 1.17 bits per heavy atom. The second-order valence-electron chi connectivity index (χ2n) is 6.23. The average molecular weight is 398 g/mol. The monoisotopic (exact) mass is 398 g/mol. The van der Waals surface area contributed by atoms with Crippen LogP contribution in [0.4, 0.5) is 16.4 Å². The van der Waals surface area contributed by atoms with Gasteiger partial charge in [-0.1, -0.05) is 25.1 Å². The highest BCUT2D eigenvalue weighted by Crippen LogP contribution is 2.26. The van der Waals surface area contributed by atoms with E-state index in [1.165, 1.54) is 12.1 Å². The van der Waals surface area contributed by atoms with Crippen molar-refractivity contribution in [3.8, 4) is 5.75 Å². The fourth-order valence-corrected chi connectivity index (χ4v) is 2.70. The van der Waals surface area contributed by atoms with E-state index in [1.807, 2.05) is 19.1 Å². The Kier molecular flexibility index (Phi) is 6.25. The molecule has 0 fully saturated rings. The number of hydrogen-bond acceptors (Lipinski definition) is 6. The predicted octanol–water partition coefficient (Wildman–Crippen LogP) is 1.44. The molecule has 0 aliphatic carbocycles. The first-order chi connectivity index (χ1) is 14.0. The van der Waals surface area contributed by atoms with Gasteiger partial charge < -0.3 is 20.9 Å². The summed E-state index contributed by atoms with van der Waals surface area (Å²) in [5, 5.41) is 32.9. The Hall–Kier alpha value is -3.66. The van der Waals surface area contributed by atoms with Gasteiger partial charge in [0.15, 0.2) is 5.52 Å². The van der Waals surface area contributed by atoms with Crippen molar-refractivity contribution in [3.05, 3.63) is 58.4 Å². The molecule has 0 spiro atoms. The van der Waals surface area contributed by atoms with Crippen molar-refractivity contribution in [2.45, 2.75) is 19.8 Å². The Balaban J connectivity index is 1.80. The highest BCUT2D eigenvalue weighted by atomic mass is 16.5. The predicted molar refractivity (Wildman–Crippen MR) is 107 cm³/mol. The third-order valence-corrected chi connectivity index (χ3v) is 4.22. The summed E-state index contributed by atoms with van der Waals surface area (Å²) >= 11 is 0. The first-order valence-electron chi connectivity index (χ1n) is 9.19. The number of urea groups is 1. The molecule has 0 unspecified atom stereocenters. The first kappa shape index (κ1) is 20.1. The molecule has 0 saturated heterocycles. The fourth-order valence-electron chi connectivity index (χ4n) is 2.70. The molecule has 29 heavy (non-hydrogen) atoms. The molecular weight excluding hydrogens is 376 g/mol. The molecule has 0 atom stereocenters. The van der Waals surface area contributed by atoms with Crippen LogP contribution in [0.15, 0.2) is 42.5 Å². The topological polar surface area (TPSA) is 143 Å². The first-order valence-corrected chi connectivity index (χ1v) is 9.19. The number of aromatic nitrogens is 3. The van der Waals surface area contributed by atoms with Crippen molar-refractivity contribution in [2.24, 2.45) is 5.73 Å². The molecule has 3 rings (SSSR count). The molecule has 0 aliphatic heterocycles. The van der Waals surface area contributed by atoms with Gasteiger partial charge in [-0.2, -0.15) is 5.32 Å². The van der Waals surface area contributed by atoms with Gasteiger partial charge in [-0.25, -0.2) is 9.52 Å². The van der Waals surface area contributed by atoms with Crippen molar-refractivity contribution >= 4 is 28.7 Å². The van der Waals surface area contributed by atoms with E-state index in [0.717, 1.165) is 12.0 Å². The SMILES string of the molecule is CCc1ccc(NC(=O)Nc2n[n+]([O-])c3ccccc3[n+]2[O-])c(OCCCN)c1. The average Bonchev–Trinajstić information content (AvgIpc) is 2.73. The van der Waals surface area contributed by atoms with Gasteiger partial charge >= 0.3 is 12.0 Å². The van der Waals surface area contributed by atoms with Crippen molar-refractivity contribution in [2.75, 3.05) is 23.8 Å². The number of rotatable bonds is 7. The van der Waals surface area contributed by atoms with Crippen LogP contribution in [-0.2, 0) is 6.42 Å². The number of nitrogens with two attached hydrogens (primary N) is 1. The smallest absolute Gasteiger partial charge is 0.469 e. The van der Waals surface area contributed by atoms with E-state index >= 15 is 0 Å². The fraction of sp³-hybridized carbons (Fsp3) is 0.263. The Morgan fingerprint density at radius 2 is 1.93 bits per heavy atom. The standard InChI is InChI=1S/C19H22N6O4/c1-2-13-8-9-14(17(12-13)29-11-5-10-20)21-19(26)22-18-23-25(28)16-7-4-3-6-15(16)24(18)27/h3-4,6-9,12H,2,5,10-11,20H2,1H3,(H2,21,22,23,26). The highest BCUT2D eigenvalue weighted by Gasteiger charge is 2.23. The van der Waals surface area contributed by atoms with Gasteiger partial charge in [-0.3, -0.25) is 5.32 Å². The summed E-state index contributed by atoms with van der Waals surface area (Å²) in [6.07, 6.45) is 1.48. The number of benzene rings is 2. The molecule has 1 heterocycles. The van der Waals surface area contributed by atoms with Crippen molar-refractivity contribution in [3.63, 3.8) is 0 Å². The van der Waals surface area contributed by atoms with Gasteiger partial charge in [-0.05, 0) is 43.1 Å². The summed E-state index contributed by atoms with van der Waals surface area (Å²) in [6.45, 7) is 2.90. The molecule has 2 amide bonds. The van der Waals surface area contributed by atoms with Crippen molar-refractivity contribution in [1.29, 1.82) is 0 Å². The van der Waals surface area contributed by atoms with Crippen molar-refractivity contribution < 1.29 is 19.1 Å². The van der Waals surface area contributed by atoms with E-state index in [9.17, 15) is 15.2 Å². The quantitative estimate of drug-likeness (QED) is 0.312. The Morgan fingerprint density at radius 3 is 2.66 bits per heavy atom. The van der Waals surface area contributed by atoms with Crippen LogP contribution in [0, 0.1) is 10.4 Å². The molecule has 1 aromatic heterocycles. The lowest BCUT2D eigenvalue weighted by Crippen LogP contribution is -2.45. The number of amides is 2. The molecule has 0 saturated carbocycles. The molecular formula is C19H22N6O4. The number of nitrogens with zero attached hydrogens (tertiary/aromatic N) is 3. The van der Waals surface area contributed by atoms with Crippen LogP contribution in [-0.4, -0.2) is 24.3 Å². The number of para-hydroxylation sites is 2. The minimum absolute atomic E-state index is 0.0888. The number of hydrogen-bond donors (Lipinski definition) is 3. The largest absolute Gasteiger partial charge is 0.739 e. The minimum Gasteiger partial charge on any atom is -0.739 e. The lowest BCUT2D eigenvalue weighted by molar-refractivity contribution is -0.672. The van der Waals surface area contributed by atoms with Gasteiger partial charge in [0, 0.05) is 10.9 Å². The zero-order valence-electron chi connectivity index (χ0n) is 15.9. The normalized spacial score (nSPS) is 10.7. The second kappa shape index (κ2) is 9.02. The molecule has 0 radical (unpaired) electrons. The van der Waals surface area contributed by atoms with Crippen LogP contribution < -0.4 is 30.7 Å². The van der Waals surface area contributed by atoms with Gasteiger partial charge in [0.1, 0.15) is 5.75 Å². The molecule has 10 heteroatoms. The number of aryl methyl sites for hydroxylation is 1. The van der Waals surface area contributed by atoms with Gasteiger partial charge in [0.25, 0.3) is 5.52 Å². The lowest BCUT2D eigenvalue weighted by atomic mass is 10.1. The van der Waals surface area contributed by atoms with Gasteiger partial charge in [-0.15, -0.1) is 0 Å². The molecule has 0 bridgehead atoms.